The van der Waals surface area contributed by atoms with Gasteiger partial charge in [-0.05, 0) is 20.3 Å². The maximum atomic E-state index is 11.7. The molecule has 0 saturated carbocycles. The average Bonchev–Trinajstić information content (AvgIpc) is 2.34. The van der Waals surface area contributed by atoms with E-state index in [4.69, 9.17) is 9.47 Å². The Balaban J connectivity index is 4.12. The summed E-state index contributed by atoms with van der Waals surface area (Å²) in [4.78, 5) is 23.3. The minimum Gasteiger partial charge on any atom is -0.465 e. The van der Waals surface area contributed by atoms with Crippen LogP contribution in [0.1, 0.15) is 59.3 Å². The fourth-order valence-electron chi connectivity index (χ4n) is 1.77. The van der Waals surface area contributed by atoms with Crippen LogP contribution in [-0.2, 0) is 19.1 Å². The van der Waals surface area contributed by atoms with Crippen molar-refractivity contribution in [3.05, 3.63) is 0 Å². The smallest absolute Gasteiger partial charge is 0.320 e. The third-order valence-corrected chi connectivity index (χ3v) is 2.74. The minimum atomic E-state index is -0.744. The number of ether oxygens (including phenoxy) is 2. The van der Waals surface area contributed by atoms with Gasteiger partial charge in [0.25, 0.3) is 0 Å². The predicted octanol–water partition coefficient (Wildman–Crippen LogP) is 3.09. The molecule has 0 aliphatic heterocycles. The Labute approximate surface area is 110 Å². The van der Waals surface area contributed by atoms with Gasteiger partial charge in [-0.15, -0.1) is 0 Å². The van der Waals surface area contributed by atoms with Gasteiger partial charge in [-0.25, -0.2) is 0 Å². The van der Waals surface area contributed by atoms with Crippen LogP contribution in [0.15, 0.2) is 0 Å². The highest BCUT2D eigenvalue weighted by Gasteiger charge is 2.28. The molecule has 4 nitrogen and oxygen atoms in total. The van der Waals surface area contributed by atoms with Gasteiger partial charge in [0.2, 0.25) is 0 Å². The van der Waals surface area contributed by atoms with E-state index >= 15 is 0 Å². The number of rotatable bonds is 10. The molecule has 0 amide bonds. The summed E-state index contributed by atoms with van der Waals surface area (Å²) in [6.07, 6.45) is 5.96. The van der Waals surface area contributed by atoms with Crippen molar-refractivity contribution in [3.63, 3.8) is 0 Å². The first-order valence-electron chi connectivity index (χ1n) is 7.00. The van der Waals surface area contributed by atoms with Gasteiger partial charge in [-0.2, -0.15) is 0 Å². The van der Waals surface area contributed by atoms with Gasteiger partial charge < -0.3 is 9.47 Å². The van der Waals surface area contributed by atoms with Crippen LogP contribution in [0.5, 0.6) is 0 Å². The van der Waals surface area contributed by atoms with Crippen molar-refractivity contribution in [1.82, 2.24) is 0 Å². The van der Waals surface area contributed by atoms with Crippen LogP contribution in [0.4, 0.5) is 0 Å². The fraction of sp³-hybridized carbons (Fsp3) is 0.857. The minimum absolute atomic E-state index is 0.296. The summed E-state index contributed by atoms with van der Waals surface area (Å²) in [5.74, 6) is -1.65. The normalized spacial score (nSPS) is 10.4. The topological polar surface area (TPSA) is 52.6 Å². The second-order valence-electron chi connectivity index (χ2n) is 4.26. The number of esters is 2. The van der Waals surface area contributed by atoms with Crippen LogP contribution in [0.25, 0.3) is 0 Å². The maximum Gasteiger partial charge on any atom is 0.320 e. The summed E-state index contributed by atoms with van der Waals surface area (Å²) in [6, 6.07) is 0. The molecule has 0 rings (SSSR count). The first kappa shape index (κ1) is 16.9. The molecule has 0 aromatic heterocycles. The van der Waals surface area contributed by atoms with Crippen LogP contribution in [-0.4, -0.2) is 25.2 Å². The Kier molecular flexibility index (Phi) is 10.4. The SMILES string of the molecule is CCCCCCCC(C(=O)OCC)C(=O)OCC. The van der Waals surface area contributed by atoms with Crippen molar-refractivity contribution in [3.8, 4) is 0 Å². The lowest BCUT2D eigenvalue weighted by molar-refractivity contribution is -0.161. The molecule has 0 heterocycles. The van der Waals surface area contributed by atoms with Gasteiger partial charge in [0, 0.05) is 0 Å². The fourth-order valence-corrected chi connectivity index (χ4v) is 1.77. The molecule has 0 N–H and O–H groups in total. The molecule has 0 radical (unpaired) electrons. The molecule has 0 aromatic rings. The van der Waals surface area contributed by atoms with E-state index in [9.17, 15) is 9.59 Å². The van der Waals surface area contributed by atoms with E-state index in [0.717, 1.165) is 19.3 Å². The standard InChI is InChI=1S/C14H26O4/c1-4-7-8-9-10-11-12(13(15)17-5-2)14(16)18-6-3/h12H,4-11H2,1-3H3. The van der Waals surface area contributed by atoms with Gasteiger partial charge in [-0.3, -0.25) is 9.59 Å². The highest BCUT2D eigenvalue weighted by atomic mass is 16.6. The van der Waals surface area contributed by atoms with Crippen LogP contribution >= 0.6 is 0 Å². The molecule has 0 aliphatic carbocycles. The zero-order valence-corrected chi connectivity index (χ0v) is 11.9. The van der Waals surface area contributed by atoms with Crippen LogP contribution < -0.4 is 0 Å². The first-order chi connectivity index (χ1) is 8.67. The summed E-state index contributed by atoms with van der Waals surface area (Å²) >= 11 is 0. The van der Waals surface area contributed by atoms with Crippen molar-refractivity contribution in [1.29, 1.82) is 0 Å². The molecule has 0 bridgehead atoms. The van der Waals surface area contributed by atoms with Crippen LogP contribution in [0, 0.1) is 5.92 Å². The van der Waals surface area contributed by atoms with Gasteiger partial charge >= 0.3 is 11.9 Å². The molecule has 0 atom stereocenters. The molecule has 0 spiro atoms. The average molecular weight is 258 g/mol. The van der Waals surface area contributed by atoms with E-state index in [-0.39, 0.29) is 0 Å². The number of unbranched alkanes of at least 4 members (excludes halogenated alkanes) is 4. The molecule has 0 saturated heterocycles. The van der Waals surface area contributed by atoms with Gasteiger partial charge in [0.1, 0.15) is 0 Å². The zero-order valence-electron chi connectivity index (χ0n) is 11.9. The summed E-state index contributed by atoms with van der Waals surface area (Å²) < 4.78 is 9.82. The Hall–Kier alpha value is -1.06. The largest absolute Gasteiger partial charge is 0.465 e. The van der Waals surface area contributed by atoms with Crippen molar-refractivity contribution < 1.29 is 19.1 Å². The summed E-state index contributed by atoms with van der Waals surface area (Å²) in [7, 11) is 0. The molecule has 0 aliphatic rings. The lowest BCUT2D eigenvalue weighted by Gasteiger charge is -2.14. The predicted molar refractivity (Wildman–Crippen MR) is 70.1 cm³/mol. The van der Waals surface area contributed by atoms with Gasteiger partial charge in [-0.1, -0.05) is 39.0 Å². The van der Waals surface area contributed by atoms with E-state index in [2.05, 4.69) is 6.92 Å². The zero-order chi connectivity index (χ0) is 13.8. The molecule has 0 fully saturated rings. The van der Waals surface area contributed by atoms with E-state index in [1.165, 1.54) is 12.8 Å². The summed E-state index contributed by atoms with van der Waals surface area (Å²) in [5.41, 5.74) is 0. The Morgan fingerprint density at radius 3 is 1.78 bits per heavy atom. The number of hydrogen-bond acceptors (Lipinski definition) is 4. The molecular formula is C14H26O4. The van der Waals surface area contributed by atoms with E-state index in [1.54, 1.807) is 13.8 Å². The second kappa shape index (κ2) is 11.1. The molecule has 0 aromatic carbocycles. The van der Waals surface area contributed by atoms with Gasteiger partial charge in [0.05, 0.1) is 13.2 Å². The summed E-state index contributed by atoms with van der Waals surface area (Å²) in [6.45, 7) is 6.22. The Bertz CT molecular complexity index is 220. The quantitative estimate of drug-likeness (QED) is 0.343. The van der Waals surface area contributed by atoms with E-state index < -0.39 is 17.9 Å². The van der Waals surface area contributed by atoms with E-state index in [0.29, 0.717) is 19.6 Å². The third kappa shape index (κ3) is 7.30. The molecule has 0 unspecified atom stereocenters. The molecule has 18 heavy (non-hydrogen) atoms. The third-order valence-electron chi connectivity index (χ3n) is 2.74. The Morgan fingerprint density at radius 1 is 0.833 bits per heavy atom. The van der Waals surface area contributed by atoms with Crippen molar-refractivity contribution >= 4 is 11.9 Å². The van der Waals surface area contributed by atoms with Crippen molar-refractivity contribution in [2.45, 2.75) is 59.3 Å². The molecule has 106 valence electrons. The van der Waals surface area contributed by atoms with Crippen molar-refractivity contribution in [2.75, 3.05) is 13.2 Å². The molecular weight excluding hydrogens is 232 g/mol. The van der Waals surface area contributed by atoms with Gasteiger partial charge in [0.15, 0.2) is 5.92 Å². The van der Waals surface area contributed by atoms with Crippen LogP contribution in [0.2, 0.25) is 0 Å². The van der Waals surface area contributed by atoms with Crippen molar-refractivity contribution in [2.24, 2.45) is 5.92 Å². The number of carbonyl (C=O) groups is 2. The monoisotopic (exact) mass is 258 g/mol. The highest BCUT2D eigenvalue weighted by Crippen LogP contribution is 2.15. The number of carbonyl (C=O) groups excluding carboxylic acids is 2. The lowest BCUT2D eigenvalue weighted by atomic mass is 10.0. The maximum absolute atomic E-state index is 11.7. The van der Waals surface area contributed by atoms with Crippen LogP contribution in [0.3, 0.4) is 0 Å². The second-order valence-corrected chi connectivity index (χ2v) is 4.26. The molecule has 4 heteroatoms. The Morgan fingerprint density at radius 2 is 1.33 bits per heavy atom. The van der Waals surface area contributed by atoms with E-state index in [1.807, 2.05) is 0 Å². The lowest BCUT2D eigenvalue weighted by Crippen LogP contribution is -2.28. The summed E-state index contributed by atoms with van der Waals surface area (Å²) in [5, 5.41) is 0. The first-order valence-corrected chi connectivity index (χ1v) is 7.00. The highest BCUT2D eigenvalue weighted by molar-refractivity contribution is 5.94. The number of hydrogen-bond donors (Lipinski definition) is 0.